The number of hydrazine groups is 1. The Kier molecular flexibility index (Phi) is 8.04. The summed E-state index contributed by atoms with van der Waals surface area (Å²) in [7, 11) is 0. The number of nitrogens with zero attached hydrogens (tertiary/aromatic N) is 2. The molecule has 0 aliphatic carbocycles. The Morgan fingerprint density at radius 1 is 1.09 bits per heavy atom. The van der Waals surface area contributed by atoms with E-state index in [1.165, 1.54) is 5.06 Å². The Labute approximate surface area is 201 Å². The highest BCUT2D eigenvalue weighted by Gasteiger charge is 2.45. The molecule has 2 heterocycles. The van der Waals surface area contributed by atoms with Gasteiger partial charge in [-0.2, -0.15) is 5.06 Å². The fourth-order valence-corrected chi connectivity index (χ4v) is 4.14. The molecule has 2 unspecified atom stereocenters. The third kappa shape index (κ3) is 7.33. The Hall–Kier alpha value is -2.85. The van der Waals surface area contributed by atoms with Crippen LogP contribution in [0.15, 0.2) is 30.3 Å². The molecule has 0 radical (unpaired) electrons. The molecule has 2 atom stereocenters. The molecule has 2 saturated heterocycles. The molecule has 2 aliphatic heterocycles. The second kappa shape index (κ2) is 10.6. The summed E-state index contributed by atoms with van der Waals surface area (Å²) in [5.41, 5.74) is 5.24. The SMILES string of the molecule is CC(C)(CC(=O)NNCC1CCC2CN1C(=O)N2OCc1ccccc1)NC(=O)OC(C)(C)C. The molecule has 10 heteroatoms. The number of carbonyl (C=O) groups excluding carboxylic acids is 3. The molecule has 2 fully saturated rings. The van der Waals surface area contributed by atoms with Crippen LogP contribution >= 0.6 is 0 Å². The molecule has 3 N–H and O–H groups in total. The zero-order valence-electron chi connectivity index (χ0n) is 20.7. The molecule has 0 saturated carbocycles. The number of fused-ring (bicyclic) bond motifs is 2. The van der Waals surface area contributed by atoms with Crippen molar-refractivity contribution in [3.8, 4) is 0 Å². The molecule has 0 spiro atoms. The van der Waals surface area contributed by atoms with Gasteiger partial charge in [-0.25, -0.2) is 15.0 Å². The van der Waals surface area contributed by atoms with E-state index < -0.39 is 17.2 Å². The van der Waals surface area contributed by atoms with Gasteiger partial charge in [0.1, 0.15) is 12.2 Å². The van der Waals surface area contributed by atoms with Gasteiger partial charge in [0.2, 0.25) is 5.91 Å². The molecule has 1 aromatic rings. The molecule has 4 amide bonds. The van der Waals surface area contributed by atoms with Crippen molar-refractivity contribution in [1.29, 1.82) is 0 Å². The van der Waals surface area contributed by atoms with Gasteiger partial charge in [-0.15, -0.1) is 0 Å². The van der Waals surface area contributed by atoms with E-state index in [1.807, 2.05) is 30.3 Å². The molecule has 3 rings (SSSR count). The molecule has 34 heavy (non-hydrogen) atoms. The van der Waals surface area contributed by atoms with E-state index in [4.69, 9.17) is 9.57 Å². The van der Waals surface area contributed by atoms with Gasteiger partial charge in [0, 0.05) is 24.7 Å². The van der Waals surface area contributed by atoms with Gasteiger partial charge in [0.15, 0.2) is 0 Å². The average Bonchev–Trinajstić information content (AvgIpc) is 2.97. The molecule has 0 aromatic heterocycles. The van der Waals surface area contributed by atoms with Crippen LogP contribution in [-0.4, -0.2) is 64.3 Å². The summed E-state index contributed by atoms with van der Waals surface area (Å²) in [6.07, 6.45) is 1.15. The first-order chi connectivity index (χ1) is 15.9. The van der Waals surface area contributed by atoms with Gasteiger partial charge in [-0.05, 0) is 53.0 Å². The maximum atomic E-state index is 12.9. The zero-order chi connectivity index (χ0) is 24.9. The predicted molar refractivity (Wildman–Crippen MR) is 126 cm³/mol. The van der Waals surface area contributed by atoms with Crippen molar-refractivity contribution >= 4 is 18.0 Å². The fourth-order valence-electron chi connectivity index (χ4n) is 4.14. The number of rotatable bonds is 9. The molecule has 2 aliphatic rings. The number of hydrogen-bond donors (Lipinski definition) is 3. The lowest BCUT2D eigenvalue weighted by atomic mass is 10.0. The number of carbonyl (C=O) groups is 3. The van der Waals surface area contributed by atoms with Crippen molar-refractivity contribution < 1.29 is 24.0 Å². The summed E-state index contributed by atoms with van der Waals surface area (Å²) < 4.78 is 5.26. The number of benzene rings is 1. The van der Waals surface area contributed by atoms with E-state index in [9.17, 15) is 14.4 Å². The minimum atomic E-state index is -0.784. The lowest BCUT2D eigenvalue weighted by Crippen LogP contribution is -2.52. The third-order valence-electron chi connectivity index (χ3n) is 5.67. The number of piperidine rings is 1. The van der Waals surface area contributed by atoms with Crippen LogP contribution in [0.3, 0.4) is 0 Å². The van der Waals surface area contributed by atoms with Gasteiger partial charge in [0.05, 0.1) is 12.5 Å². The van der Waals surface area contributed by atoms with Gasteiger partial charge < -0.3 is 15.0 Å². The van der Waals surface area contributed by atoms with E-state index in [0.29, 0.717) is 19.7 Å². The van der Waals surface area contributed by atoms with Crippen molar-refractivity contribution in [2.45, 2.75) is 83.7 Å². The van der Waals surface area contributed by atoms with Gasteiger partial charge in [-0.1, -0.05) is 30.3 Å². The van der Waals surface area contributed by atoms with Crippen LogP contribution in [0.5, 0.6) is 0 Å². The van der Waals surface area contributed by atoms with Crippen LogP contribution in [0.1, 0.15) is 59.4 Å². The number of nitrogens with one attached hydrogen (secondary N) is 3. The number of urea groups is 1. The first kappa shape index (κ1) is 25.8. The minimum absolute atomic E-state index is 0.0396. The summed E-state index contributed by atoms with van der Waals surface area (Å²) >= 11 is 0. The summed E-state index contributed by atoms with van der Waals surface area (Å²) in [5, 5.41) is 4.21. The monoisotopic (exact) mass is 475 g/mol. The van der Waals surface area contributed by atoms with Crippen LogP contribution in [0.2, 0.25) is 0 Å². The minimum Gasteiger partial charge on any atom is -0.444 e. The third-order valence-corrected chi connectivity index (χ3v) is 5.67. The summed E-state index contributed by atoms with van der Waals surface area (Å²) in [5.74, 6) is -0.268. The summed E-state index contributed by atoms with van der Waals surface area (Å²) in [6.45, 7) is 10.2. The largest absolute Gasteiger partial charge is 0.444 e. The normalized spacial score (nSPS) is 20.3. The molecular formula is C24H37N5O5. The number of ether oxygens (including phenoxy) is 1. The maximum absolute atomic E-state index is 12.9. The van der Waals surface area contributed by atoms with Crippen LogP contribution in [0.25, 0.3) is 0 Å². The van der Waals surface area contributed by atoms with E-state index in [2.05, 4.69) is 16.2 Å². The molecule has 1 aromatic carbocycles. The van der Waals surface area contributed by atoms with Gasteiger partial charge in [0.25, 0.3) is 0 Å². The van der Waals surface area contributed by atoms with Crippen molar-refractivity contribution in [2.24, 2.45) is 0 Å². The summed E-state index contributed by atoms with van der Waals surface area (Å²) in [4.78, 5) is 44.9. The Morgan fingerprint density at radius 2 is 1.79 bits per heavy atom. The number of alkyl carbamates (subject to hydrolysis) is 1. The highest BCUT2D eigenvalue weighted by atomic mass is 16.7. The van der Waals surface area contributed by atoms with Gasteiger partial charge >= 0.3 is 12.1 Å². The predicted octanol–water partition coefficient (Wildman–Crippen LogP) is 2.70. The quantitative estimate of drug-likeness (QED) is 0.474. The Balaban J connectivity index is 1.41. The Morgan fingerprint density at radius 3 is 2.47 bits per heavy atom. The van der Waals surface area contributed by atoms with Crippen LogP contribution in [0, 0.1) is 0 Å². The lowest BCUT2D eigenvalue weighted by molar-refractivity contribution is -0.140. The van der Waals surface area contributed by atoms with Crippen molar-refractivity contribution in [1.82, 2.24) is 26.1 Å². The maximum Gasteiger partial charge on any atom is 0.408 e. The number of hydrogen-bond acceptors (Lipinski definition) is 6. The van der Waals surface area contributed by atoms with E-state index >= 15 is 0 Å². The highest BCUT2D eigenvalue weighted by molar-refractivity contribution is 5.78. The Bertz CT molecular complexity index is 870. The van der Waals surface area contributed by atoms with Crippen LogP contribution in [0.4, 0.5) is 9.59 Å². The zero-order valence-corrected chi connectivity index (χ0v) is 20.7. The topological polar surface area (TPSA) is 112 Å². The van der Waals surface area contributed by atoms with Crippen molar-refractivity contribution in [3.05, 3.63) is 35.9 Å². The lowest BCUT2D eigenvalue weighted by Gasteiger charge is -2.31. The molecule has 188 valence electrons. The highest BCUT2D eigenvalue weighted by Crippen LogP contribution is 2.30. The van der Waals surface area contributed by atoms with Crippen molar-refractivity contribution in [3.63, 3.8) is 0 Å². The fraction of sp³-hybridized carbons (Fsp3) is 0.625. The molecule has 2 bridgehead atoms. The first-order valence-electron chi connectivity index (χ1n) is 11.7. The second-order valence-electron chi connectivity index (χ2n) is 10.5. The molecular weight excluding hydrogens is 438 g/mol. The smallest absolute Gasteiger partial charge is 0.408 e. The van der Waals surface area contributed by atoms with E-state index in [0.717, 1.165) is 18.4 Å². The average molecular weight is 476 g/mol. The number of hydroxylamine groups is 2. The molecule has 10 nitrogen and oxygen atoms in total. The summed E-state index contributed by atoms with van der Waals surface area (Å²) in [6, 6.07) is 9.62. The van der Waals surface area contributed by atoms with E-state index in [1.54, 1.807) is 39.5 Å². The second-order valence-corrected chi connectivity index (χ2v) is 10.5. The number of amides is 4. The first-order valence-corrected chi connectivity index (χ1v) is 11.7. The van der Waals surface area contributed by atoms with Gasteiger partial charge in [-0.3, -0.25) is 15.1 Å². The van der Waals surface area contributed by atoms with Crippen molar-refractivity contribution in [2.75, 3.05) is 13.1 Å². The van der Waals surface area contributed by atoms with Crippen LogP contribution < -0.4 is 16.2 Å². The van der Waals surface area contributed by atoms with Crippen LogP contribution in [-0.2, 0) is 21.0 Å². The van der Waals surface area contributed by atoms with E-state index in [-0.39, 0.29) is 30.4 Å². The standard InChI is InChI=1S/C24H37N5O5/c1-23(2,3)34-21(31)26-24(4,5)13-20(30)27-25-14-18-11-12-19-15-28(18)22(32)29(19)33-16-17-9-7-6-8-10-17/h6-10,18-19,25H,11-16H2,1-5H3,(H,26,31)(H,27,30).